The number of urea groups is 1. The van der Waals surface area contributed by atoms with Gasteiger partial charge in [-0.25, -0.2) is 14.8 Å². The number of halogens is 2. The lowest BCUT2D eigenvalue weighted by Crippen LogP contribution is -2.76. The first kappa shape index (κ1) is 29.5. The summed E-state index contributed by atoms with van der Waals surface area (Å²) in [6.45, 7) is 0.498. The van der Waals surface area contributed by atoms with E-state index in [4.69, 9.17) is 27.9 Å². The molecule has 2 aliphatic rings. The summed E-state index contributed by atoms with van der Waals surface area (Å²) >= 11 is 12.4. The molecule has 220 valence electrons. The van der Waals surface area contributed by atoms with Crippen LogP contribution >= 0.6 is 23.2 Å². The number of ether oxygens (including phenoxy) is 1. The number of fused-ring (bicyclic) bond motifs is 1. The van der Waals surface area contributed by atoms with E-state index in [1.165, 1.54) is 22.0 Å². The van der Waals surface area contributed by atoms with Crippen LogP contribution in [0.15, 0.2) is 66.7 Å². The molecule has 2 fully saturated rings. The third-order valence-electron chi connectivity index (χ3n) is 7.47. The first-order valence-corrected chi connectivity index (χ1v) is 14.1. The van der Waals surface area contributed by atoms with Crippen LogP contribution in [0.3, 0.4) is 0 Å². The molecule has 12 heteroatoms. The SMILES string of the molecule is COc1ccc(CNC(=O)N2[C@H]3CN(Cc4ccc(Cl)c(Cl)c4)C(=O)[C@H](Cc4ccc(O)cc4)N3C(=O)CN2C)cc1. The monoisotopic (exact) mass is 611 g/mol. The molecule has 0 aromatic heterocycles. The maximum atomic E-state index is 14.0. The summed E-state index contributed by atoms with van der Waals surface area (Å²) in [6.07, 6.45) is -0.542. The van der Waals surface area contributed by atoms with Crippen LogP contribution in [-0.2, 0) is 29.1 Å². The van der Waals surface area contributed by atoms with Crippen LogP contribution in [0.25, 0.3) is 0 Å². The zero-order valence-corrected chi connectivity index (χ0v) is 24.7. The van der Waals surface area contributed by atoms with Crippen molar-refractivity contribution in [2.75, 3.05) is 27.2 Å². The van der Waals surface area contributed by atoms with Gasteiger partial charge in [0, 0.05) is 26.6 Å². The molecule has 10 nitrogen and oxygen atoms in total. The smallest absolute Gasteiger partial charge is 0.334 e. The first-order chi connectivity index (χ1) is 20.1. The molecule has 0 aliphatic carbocycles. The molecule has 0 saturated carbocycles. The van der Waals surface area contributed by atoms with Crippen LogP contribution in [0, 0.1) is 0 Å². The molecule has 2 saturated heterocycles. The minimum Gasteiger partial charge on any atom is -0.508 e. The number of amides is 4. The highest BCUT2D eigenvalue weighted by Crippen LogP contribution is 2.30. The van der Waals surface area contributed by atoms with E-state index < -0.39 is 18.2 Å². The van der Waals surface area contributed by atoms with E-state index in [2.05, 4.69) is 5.32 Å². The lowest BCUT2D eigenvalue weighted by molar-refractivity contribution is -0.187. The molecule has 4 amide bonds. The van der Waals surface area contributed by atoms with Gasteiger partial charge in [0.05, 0.1) is 30.2 Å². The highest BCUT2D eigenvalue weighted by molar-refractivity contribution is 6.42. The number of rotatable bonds is 7. The topological polar surface area (TPSA) is 106 Å². The fourth-order valence-electron chi connectivity index (χ4n) is 5.36. The Kier molecular flexibility index (Phi) is 8.77. The standard InChI is InChI=1S/C30H31Cl2N5O5/c1-34-18-28(39)36-26(14-19-3-8-22(38)9-4-19)29(40)35(16-21-7-12-24(31)25(32)13-21)17-27(36)37(34)30(41)33-15-20-5-10-23(42-2)11-6-20/h3-13,26-27,38H,14-18H2,1-2H3,(H,33,41)/t26-,27-/m0/s1. The highest BCUT2D eigenvalue weighted by atomic mass is 35.5. The number of hydrazine groups is 1. The fourth-order valence-corrected chi connectivity index (χ4v) is 5.68. The molecule has 0 radical (unpaired) electrons. The normalized spacial score (nSPS) is 19.1. The van der Waals surface area contributed by atoms with E-state index in [0.29, 0.717) is 15.8 Å². The quantitative estimate of drug-likeness (QED) is 0.420. The van der Waals surface area contributed by atoms with Gasteiger partial charge in [-0.15, -0.1) is 0 Å². The summed E-state index contributed by atoms with van der Waals surface area (Å²) in [4.78, 5) is 44.2. The van der Waals surface area contributed by atoms with Crippen LogP contribution in [0.1, 0.15) is 16.7 Å². The molecule has 2 N–H and O–H groups in total. The van der Waals surface area contributed by atoms with Gasteiger partial charge in [-0.3, -0.25) is 9.59 Å². The van der Waals surface area contributed by atoms with Crippen molar-refractivity contribution in [3.63, 3.8) is 0 Å². The average molecular weight is 613 g/mol. The number of carbonyl (C=O) groups is 3. The van der Waals surface area contributed by atoms with Crippen molar-refractivity contribution in [1.82, 2.24) is 25.1 Å². The van der Waals surface area contributed by atoms with E-state index in [1.54, 1.807) is 54.4 Å². The maximum absolute atomic E-state index is 14.0. The Labute approximate surface area is 253 Å². The van der Waals surface area contributed by atoms with Gasteiger partial charge < -0.3 is 25.0 Å². The van der Waals surface area contributed by atoms with Crippen molar-refractivity contribution < 1.29 is 24.2 Å². The number of likely N-dealkylation sites (N-methyl/N-ethyl adjacent to an activating group) is 1. The predicted molar refractivity (Wildman–Crippen MR) is 158 cm³/mol. The van der Waals surface area contributed by atoms with Crippen molar-refractivity contribution in [2.24, 2.45) is 0 Å². The predicted octanol–water partition coefficient (Wildman–Crippen LogP) is 3.89. The third-order valence-corrected chi connectivity index (χ3v) is 8.21. The number of benzene rings is 3. The van der Waals surface area contributed by atoms with E-state index in [0.717, 1.165) is 16.7 Å². The van der Waals surface area contributed by atoms with E-state index in [1.807, 2.05) is 24.3 Å². The molecule has 2 heterocycles. The Morgan fingerprint density at radius 1 is 0.976 bits per heavy atom. The Hall–Kier alpha value is -3.99. The molecule has 0 unspecified atom stereocenters. The second-order valence-electron chi connectivity index (χ2n) is 10.3. The Bertz CT molecular complexity index is 1470. The summed E-state index contributed by atoms with van der Waals surface area (Å²) in [5.74, 6) is 0.307. The van der Waals surface area contributed by atoms with E-state index >= 15 is 0 Å². The lowest BCUT2D eigenvalue weighted by atomic mass is 9.98. The third kappa shape index (κ3) is 6.25. The van der Waals surface area contributed by atoms with Gasteiger partial charge in [-0.2, -0.15) is 0 Å². The summed E-state index contributed by atoms with van der Waals surface area (Å²) < 4.78 is 5.21. The van der Waals surface area contributed by atoms with Crippen LogP contribution < -0.4 is 10.1 Å². The van der Waals surface area contributed by atoms with Gasteiger partial charge >= 0.3 is 6.03 Å². The number of nitrogens with one attached hydrogen (secondary N) is 1. The molecule has 5 rings (SSSR count). The minimum atomic E-state index is -0.867. The van der Waals surface area contributed by atoms with Crippen LogP contribution in [-0.4, -0.2) is 82.2 Å². The molecular formula is C30H31Cl2N5O5. The summed E-state index contributed by atoms with van der Waals surface area (Å²) in [5, 5.41) is 16.6. The van der Waals surface area contributed by atoms with Gasteiger partial charge in [-0.1, -0.05) is 53.5 Å². The number of aromatic hydroxyl groups is 1. The molecule has 2 aliphatic heterocycles. The minimum absolute atomic E-state index is 0.0708. The molecule has 3 aromatic carbocycles. The molecule has 42 heavy (non-hydrogen) atoms. The number of methoxy groups -OCH3 is 1. The van der Waals surface area contributed by atoms with Crippen LogP contribution in [0.4, 0.5) is 4.79 Å². The van der Waals surface area contributed by atoms with Crippen molar-refractivity contribution >= 4 is 41.0 Å². The molecule has 3 aromatic rings. The summed E-state index contributed by atoms with van der Waals surface area (Å²) in [6, 6.07) is 17.8. The van der Waals surface area contributed by atoms with Gasteiger partial charge in [0.15, 0.2) is 0 Å². The molecule has 2 atom stereocenters. The Morgan fingerprint density at radius 3 is 2.31 bits per heavy atom. The van der Waals surface area contributed by atoms with Crippen molar-refractivity contribution in [2.45, 2.75) is 31.7 Å². The van der Waals surface area contributed by atoms with Crippen molar-refractivity contribution in [3.8, 4) is 11.5 Å². The Balaban J connectivity index is 1.44. The highest BCUT2D eigenvalue weighted by Gasteiger charge is 2.50. The maximum Gasteiger partial charge on any atom is 0.334 e. The average Bonchev–Trinajstić information content (AvgIpc) is 2.97. The molecular weight excluding hydrogens is 581 g/mol. The van der Waals surface area contributed by atoms with Crippen LogP contribution in [0.5, 0.6) is 11.5 Å². The zero-order chi connectivity index (χ0) is 30.0. The number of nitrogens with zero attached hydrogens (tertiary/aromatic N) is 4. The number of carbonyl (C=O) groups excluding carboxylic acids is 3. The number of piperazine rings is 1. The van der Waals surface area contributed by atoms with Crippen molar-refractivity contribution in [3.05, 3.63) is 93.5 Å². The van der Waals surface area contributed by atoms with E-state index in [9.17, 15) is 19.5 Å². The number of hydrogen-bond acceptors (Lipinski definition) is 6. The zero-order valence-electron chi connectivity index (χ0n) is 23.2. The molecule has 0 bridgehead atoms. The second kappa shape index (κ2) is 12.5. The first-order valence-electron chi connectivity index (χ1n) is 13.4. The second-order valence-corrected chi connectivity index (χ2v) is 11.1. The number of hydrogen-bond donors (Lipinski definition) is 2. The fraction of sp³-hybridized carbons (Fsp3) is 0.300. The largest absolute Gasteiger partial charge is 0.508 e. The summed E-state index contributed by atoms with van der Waals surface area (Å²) in [5.41, 5.74) is 2.41. The lowest BCUT2D eigenvalue weighted by Gasteiger charge is -2.54. The van der Waals surface area contributed by atoms with Crippen molar-refractivity contribution in [1.29, 1.82) is 0 Å². The van der Waals surface area contributed by atoms with Gasteiger partial charge in [-0.05, 0) is 53.1 Å². The van der Waals surface area contributed by atoms with Gasteiger partial charge in [0.1, 0.15) is 23.7 Å². The summed E-state index contributed by atoms with van der Waals surface area (Å²) in [7, 11) is 3.27. The van der Waals surface area contributed by atoms with Crippen LogP contribution in [0.2, 0.25) is 10.0 Å². The van der Waals surface area contributed by atoms with Gasteiger partial charge in [0.2, 0.25) is 11.8 Å². The number of phenols is 1. The Morgan fingerprint density at radius 2 is 1.64 bits per heavy atom. The van der Waals surface area contributed by atoms with E-state index in [-0.39, 0.29) is 50.2 Å². The van der Waals surface area contributed by atoms with Gasteiger partial charge in [0.25, 0.3) is 0 Å². The number of phenolic OH excluding ortho intramolecular Hbond substituents is 1. The molecule has 0 spiro atoms.